The topological polar surface area (TPSA) is 29.5 Å². The second kappa shape index (κ2) is 7.37. The Morgan fingerprint density at radius 3 is 2.00 bits per heavy atom. The number of benzene rings is 2. The monoisotopic (exact) mass is 374 g/mol. The van der Waals surface area contributed by atoms with E-state index in [4.69, 9.17) is 4.43 Å². The van der Waals surface area contributed by atoms with Crippen LogP contribution in [0.3, 0.4) is 0 Å². The summed E-state index contributed by atoms with van der Waals surface area (Å²) in [7, 11) is -2.03. The number of hydrogen-bond acceptors (Lipinski definition) is 2. The molecule has 1 aliphatic carbocycles. The highest BCUT2D eigenvalue weighted by atomic mass is 28.4. The summed E-state index contributed by atoms with van der Waals surface area (Å²) in [6, 6.07) is 15.6. The van der Waals surface area contributed by atoms with Crippen LogP contribution in [0.1, 0.15) is 55.2 Å². The van der Waals surface area contributed by atoms with E-state index in [2.05, 4.69) is 57.5 Å². The Bertz CT molecular complexity index is 961. The van der Waals surface area contributed by atoms with Crippen molar-refractivity contribution >= 4 is 8.32 Å². The molecule has 2 aromatic carbocycles. The van der Waals surface area contributed by atoms with Crippen LogP contribution in [0.4, 0.5) is 0 Å². The predicted octanol–water partition coefficient (Wildman–Crippen LogP) is 5.20. The van der Waals surface area contributed by atoms with Gasteiger partial charge >= 0.3 is 0 Å². The zero-order valence-corrected chi connectivity index (χ0v) is 17.6. The Balaban J connectivity index is 2.16. The van der Waals surface area contributed by atoms with Crippen molar-refractivity contribution in [1.82, 2.24) is 0 Å². The molecule has 0 saturated carbocycles. The van der Waals surface area contributed by atoms with Crippen molar-refractivity contribution < 1.29 is 9.53 Å². The molecule has 1 aliphatic rings. The minimum absolute atomic E-state index is 0.0821. The van der Waals surface area contributed by atoms with E-state index in [1.807, 2.05) is 48.5 Å². The smallest absolute Gasteiger partial charge is 0.194 e. The highest BCUT2D eigenvalue weighted by Crippen LogP contribution is 2.40. The molecule has 2 aromatic rings. The molecule has 3 heteroatoms. The largest absolute Gasteiger partial charge is 0.399 e. The SMILES string of the molecule is CC(C)(C)[Si](C)(C)OC1C#Cc2ccccc2[C@@H](O)C#Cc2ccccc21. The normalized spacial score (nSPS) is 18.9. The first-order valence-electron chi connectivity index (χ1n) is 9.26. The van der Waals surface area contributed by atoms with Crippen molar-refractivity contribution in [1.29, 1.82) is 0 Å². The molecule has 0 bridgehead atoms. The second-order valence-electron chi connectivity index (χ2n) is 8.37. The molecule has 1 unspecified atom stereocenters. The number of aliphatic hydroxyl groups is 1. The fourth-order valence-corrected chi connectivity index (χ4v) is 3.83. The maximum absolute atomic E-state index is 10.5. The molecule has 0 saturated heterocycles. The van der Waals surface area contributed by atoms with Crippen LogP contribution in [0.15, 0.2) is 48.5 Å². The van der Waals surface area contributed by atoms with E-state index in [0.717, 1.165) is 22.3 Å². The van der Waals surface area contributed by atoms with Gasteiger partial charge in [-0.25, -0.2) is 0 Å². The Kier molecular flexibility index (Phi) is 5.31. The van der Waals surface area contributed by atoms with Crippen molar-refractivity contribution in [3.63, 3.8) is 0 Å². The van der Waals surface area contributed by atoms with Crippen molar-refractivity contribution in [3.8, 4) is 23.7 Å². The average Bonchev–Trinajstić information content (AvgIpc) is 2.62. The number of rotatable bonds is 2. The lowest BCUT2D eigenvalue weighted by atomic mass is 9.98. The van der Waals surface area contributed by atoms with Gasteiger partial charge in [0.25, 0.3) is 0 Å². The zero-order valence-electron chi connectivity index (χ0n) is 16.6. The summed E-state index contributed by atoms with van der Waals surface area (Å²) >= 11 is 0. The van der Waals surface area contributed by atoms with Gasteiger partial charge in [-0.2, -0.15) is 0 Å². The molecule has 2 nitrogen and oxygen atoms in total. The summed E-state index contributed by atoms with van der Waals surface area (Å²) in [5.41, 5.74) is 3.35. The quantitative estimate of drug-likeness (QED) is 0.578. The van der Waals surface area contributed by atoms with Crippen LogP contribution in [0.2, 0.25) is 18.1 Å². The molecule has 1 N–H and O–H groups in total. The van der Waals surface area contributed by atoms with Gasteiger partial charge in [-0.05, 0) is 30.3 Å². The molecular weight excluding hydrogens is 348 g/mol. The lowest BCUT2D eigenvalue weighted by molar-refractivity contribution is 0.235. The minimum Gasteiger partial charge on any atom is -0.399 e. The first kappa shape index (κ1) is 19.5. The van der Waals surface area contributed by atoms with E-state index >= 15 is 0 Å². The Morgan fingerprint density at radius 2 is 1.37 bits per heavy atom. The maximum Gasteiger partial charge on any atom is 0.194 e. The number of fused-ring (bicyclic) bond motifs is 2. The summed E-state index contributed by atoms with van der Waals surface area (Å²) in [6.07, 6.45) is -1.21. The lowest BCUT2D eigenvalue weighted by Gasteiger charge is -2.38. The highest BCUT2D eigenvalue weighted by Gasteiger charge is 2.39. The van der Waals surface area contributed by atoms with E-state index in [0.29, 0.717) is 0 Å². The van der Waals surface area contributed by atoms with Crippen LogP contribution in [0.5, 0.6) is 0 Å². The molecular formula is C24H26O2Si. The maximum atomic E-state index is 10.5. The zero-order chi connectivity index (χ0) is 19.7. The molecule has 138 valence electrons. The molecule has 0 heterocycles. The van der Waals surface area contributed by atoms with Crippen LogP contribution >= 0.6 is 0 Å². The van der Waals surface area contributed by atoms with Gasteiger partial charge in [0, 0.05) is 22.3 Å². The van der Waals surface area contributed by atoms with E-state index in [1.165, 1.54) is 0 Å². The number of hydrogen-bond donors (Lipinski definition) is 1. The van der Waals surface area contributed by atoms with Gasteiger partial charge in [-0.1, -0.05) is 80.9 Å². The van der Waals surface area contributed by atoms with Crippen LogP contribution in [-0.4, -0.2) is 13.4 Å². The van der Waals surface area contributed by atoms with Gasteiger partial charge in [-0.15, -0.1) is 0 Å². The van der Waals surface area contributed by atoms with Crippen molar-refractivity contribution in [2.24, 2.45) is 0 Å². The van der Waals surface area contributed by atoms with Crippen molar-refractivity contribution in [3.05, 3.63) is 70.8 Å². The Labute approximate surface area is 163 Å². The molecule has 2 atom stereocenters. The van der Waals surface area contributed by atoms with Crippen LogP contribution < -0.4 is 0 Å². The van der Waals surface area contributed by atoms with Gasteiger partial charge in [0.05, 0.1) is 0 Å². The predicted molar refractivity (Wildman–Crippen MR) is 113 cm³/mol. The molecule has 0 spiro atoms. The van der Waals surface area contributed by atoms with Gasteiger partial charge in [0.1, 0.15) is 12.2 Å². The third-order valence-electron chi connectivity index (χ3n) is 5.40. The van der Waals surface area contributed by atoms with Gasteiger partial charge in [-0.3, -0.25) is 0 Å². The summed E-state index contributed by atoms with van der Waals surface area (Å²) in [4.78, 5) is 0. The van der Waals surface area contributed by atoms with Crippen LogP contribution in [0.25, 0.3) is 0 Å². The second-order valence-corrected chi connectivity index (χ2v) is 13.1. The summed E-state index contributed by atoms with van der Waals surface area (Å²) < 4.78 is 6.68. The first-order chi connectivity index (χ1) is 12.7. The summed E-state index contributed by atoms with van der Waals surface area (Å²) in [5.74, 6) is 12.7. The highest BCUT2D eigenvalue weighted by molar-refractivity contribution is 6.74. The van der Waals surface area contributed by atoms with E-state index in [-0.39, 0.29) is 11.1 Å². The molecule has 0 aromatic heterocycles. The fourth-order valence-electron chi connectivity index (χ4n) is 2.70. The first-order valence-corrected chi connectivity index (χ1v) is 12.2. The van der Waals surface area contributed by atoms with E-state index < -0.39 is 14.4 Å². The molecule has 3 rings (SSSR count). The lowest BCUT2D eigenvalue weighted by Crippen LogP contribution is -2.41. The molecule has 0 aliphatic heterocycles. The van der Waals surface area contributed by atoms with Crippen molar-refractivity contribution in [2.75, 3.05) is 0 Å². The standard InChI is InChI=1S/C24H26O2Si/c1-24(2,3)27(4,5)26-23-17-15-18-10-6-8-12-20(18)22(25)16-14-19-11-7-9-13-21(19)23/h6-13,22-23,25H,1-5H3/t22-,23?/m0/s1. The average molecular weight is 375 g/mol. The van der Waals surface area contributed by atoms with Crippen LogP contribution in [0, 0.1) is 23.7 Å². The van der Waals surface area contributed by atoms with Gasteiger partial charge < -0.3 is 9.53 Å². The Hall–Kier alpha value is -2.30. The summed E-state index contributed by atoms with van der Waals surface area (Å²) in [6.45, 7) is 11.2. The van der Waals surface area contributed by atoms with E-state index in [9.17, 15) is 5.11 Å². The van der Waals surface area contributed by atoms with E-state index in [1.54, 1.807) is 0 Å². The molecule has 0 fully saturated rings. The number of aliphatic hydroxyl groups excluding tert-OH is 1. The molecule has 0 amide bonds. The molecule has 0 radical (unpaired) electrons. The van der Waals surface area contributed by atoms with Crippen LogP contribution in [-0.2, 0) is 4.43 Å². The fraction of sp³-hybridized carbons (Fsp3) is 0.333. The van der Waals surface area contributed by atoms with Gasteiger partial charge in [0.15, 0.2) is 8.32 Å². The third kappa shape index (κ3) is 4.17. The molecule has 27 heavy (non-hydrogen) atoms. The van der Waals surface area contributed by atoms with Gasteiger partial charge in [0.2, 0.25) is 0 Å². The third-order valence-corrected chi connectivity index (χ3v) is 9.84. The van der Waals surface area contributed by atoms with Crippen molar-refractivity contribution in [2.45, 2.75) is 51.1 Å². The Morgan fingerprint density at radius 1 is 0.852 bits per heavy atom. The summed E-state index contributed by atoms with van der Waals surface area (Å²) in [5, 5.41) is 10.6. The minimum atomic E-state index is -2.03.